The van der Waals surface area contributed by atoms with Gasteiger partial charge in [-0.15, -0.1) is 0 Å². The largest absolute Gasteiger partial charge is 1.00 e. The lowest BCUT2D eigenvalue weighted by molar-refractivity contribution is -0.00100. The fraction of sp³-hybridized carbons (Fsp3) is 0.250. The Morgan fingerprint density at radius 1 is 1.08 bits per heavy atom. The van der Waals surface area contributed by atoms with Crippen molar-refractivity contribution in [2.24, 2.45) is 5.73 Å². The second kappa shape index (κ2) is 7.98. The molecule has 0 fully saturated rings. The number of hydrogen-bond acceptors (Lipinski definition) is 3. The first kappa shape index (κ1) is 14.9. The summed E-state index contributed by atoms with van der Waals surface area (Å²) in [6.45, 7) is 1.08. The van der Waals surface area contributed by atoms with E-state index in [0.29, 0.717) is 13.2 Å². The number of nitrogens with two attached hydrogens (primary N) is 2. The summed E-state index contributed by atoms with van der Waals surface area (Å²) in [5.74, 6) is 0.810. The van der Waals surface area contributed by atoms with E-state index in [1.165, 1.54) is 0 Å². The van der Waals surface area contributed by atoms with E-state index >= 15 is 0 Å². The normalized spacial score (nSPS) is 8.08. The van der Waals surface area contributed by atoms with Crippen molar-refractivity contribution in [2.45, 2.75) is 0 Å². The Morgan fingerprint density at radius 3 is 2.08 bits per heavy atom. The van der Waals surface area contributed by atoms with Crippen LogP contribution in [-0.2, 0) is 0 Å². The fourth-order valence-electron chi connectivity index (χ4n) is 0.741. The minimum absolute atomic E-state index is 0. The van der Waals surface area contributed by atoms with Gasteiger partial charge >= 0.3 is 0 Å². The van der Waals surface area contributed by atoms with E-state index in [9.17, 15) is 0 Å². The van der Waals surface area contributed by atoms with Gasteiger partial charge in [-0.05, 0) is 24.3 Å². The van der Waals surface area contributed by atoms with Gasteiger partial charge in [0.15, 0.2) is 0 Å². The van der Waals surface area contributed by atoms with Gasteiger partial charge < -0.3 is 41.0 Å². The predicted molar refractivity (Wildman–Crippen MR) is 45.4 cm³/mol. The van der Waals surface area contributed by atoms with Crippen molar-refractivity contribution >= 4 is 5.69 Å². The third-order valence-corrected chi connectivity index (χ3v) is 1.27. The van der Waals surface area contributed by atoms with Crippen LogP contribution in [0, 0.1) is 0 Å². The van der Waals surface area contributed by atoms with Gasteiger partial charge in [-0.25, -0.2) is 0 Å². The highest BCUT2D eigenvalue weighted by atomic mass is 35.5. The Labute approximate surface area is 90.3 Å². The Hall–Kier alpha value is -0.640. The molecule has 0 atom stereocenters. The zero-order valence-corrected chi connectivity index (χ0v) is 8.55. The smallest absolute Gasteiger partial charge is 0.119 e. The molecule has 13 heavy (non-hydrogen) atoms. The van der Waals surface area contributed by atoms with E-state index in [2.05, 4.69) is 0 Å². The topological polar surface area (TPSA) is 61.3 Å². The predicted octanol–water partition coefficient (Wildman–Crippen LogP) is -5.39. The zero-order valence-electron chi connectivity index (χ0n) is 7.04. The number of halogens is 2. The molecular formula is C8H12Cl2N2O-2. The first-order chi connectivity index (χ1) is 5.33. The highest BCUT2D eigenvalue weighted by Crippen LogP contribution is 2.12. The molecule has 0 saturated carbocycles. The third-order valence-electron chi connectivity index (χ3n) is 1.27. The monoisotopic (exact) mass is 222 g/mol. The Bertz CT molecular complexity index is 216. The van der Waals surface area contributed by atoms with Crippen molar-refractivity contribution < 1.29 is 29.6 Å². The van der Waals surface area contributed by atoms with Gasteiger partial charge in [0.05, 0.1) is 0 Å². The number of benzene rings is 1. The summed E-state index contributed by atoms with van der Waals surface area (Å²) in [6, 6.07) is 7.24. The van der Waals surface area contributed by atoms with Crippen LogP contribution in [0.25, 0.3) is 0 Å². The number of rotatable bonds is 3. The minimum Gasteiger partial charge on any atom is -1.00 e. The Morgan fingerprint density at radius 2 is 1.62 bits per heavy atom. The molecule has 0 aliphatic heterocycles. The van der Waals surface area contributed by atoms with Crippen LogP contribution in [-0.4, -0.2) is 13.2 Å². The van der Waals surface area contributed by atoms with E-state index in [0.717, 1.165) is 11.4 Å². The lowest BCUT2D eigenvalue weighted by Gasteiger charge is -2.03. The fourth-order valence-corrected chi connectivity index (χ4v) is 0.741. The molecule has 76 valence electrons. The van der Waals surface area contributed by atoms with E-state index in [1.54, 1.807) is 12.1 Å². The van der Waals surface area contributed by atoms with E-state index < -0.39 is 0 Å². The van der Waals surface area contributed by atoms with Gasteiger partial charge in [0.25, 0.3) is 0 Å². The minimum atomic E-state index is 0. The first-order valence-electron chi connectivity index (χ1n) is 3.51. The summed E-state index contributed by atoms with van der Waals surface area (Å²) in [4.78, 5) is 0. The molecule has 1 aromatic carbocycles. The molecule has 0 radical (unpaired) electrons. The van der Waals surface area contributed by atoms with Crippen LogP contribution in [0.2, 0.25) is 0 Å². The third kappa shape index (κ3) is 5.58. The molecule has 0 aromatic heterocycles. The van der Waals surface area contributed by atoms with Gasteiger partial charge in [-0.1, -0.05) is 0 Å². The molecule has 0 aliphatic rings. The van der Waals surface area contributed by atoms with Crippen LogP contribution < -0.4 is 41.0 Å². The van der Waals surface area contributed by atoms with Gasteiger partial charge in [-0.3, -0.25) is 0 Å². The molecule has 3 nitrogen and oxygen atoms in total. The van der Waals surface area contributed by atoms with E-state index in [4.69, 9.17) is 16.2 Å². The van der Waals surface area contributed by atoms with E-state index in [-0.39, 0.29) is 24.8 Å². The summed E-state index contributed by atoms with van der Waals surface area (Å²) in [7, 11) is 0. The Balaban J connectivity index is 0. The highest BCUT2D eigenvalue weighted by Gasteiger charge is 1.90. The lowest BCUT2D eigenvalue weighted by atomic mass is 10.3. The number of anilines is 1. The summed E-state index contributed by atoms with van der Waals surface area (Å²) in [6.07, 6.45) is 0. The SMILES string of the molecule is NCCOc1ccc(N)cc1.[Cl-].[Cl-]. The molecule has 0 aliphatic carbocycles. The van der Waals surface area contributed by atoms with Gasteiger partial charge in [-0.2, -0.15) is 0 Å². The molecule has 0 heterocycles. The van der Waals surface area contributed by atoms with Crippen LogP contribution in [0.1, 0.15) is 0 Å². The van der Waals surface area contributed by atoms with Crippen molar-refractivity contribution in [1.82, 2.24) is 0 Å². The van der Waals surface area contributed by atoms with Crippen LogP contribution in [0.15, 0.2) is 24.3 Å². The maximum absolute atomic E-state index is 5.48. The molecule has 1 aromatic rings. The van der Waals surface area contributed by atoms with Crippen LogP contribution in [0.5, 0.6) is 5.75 Å². The van der Waals surface area contributed by atoms with Crippen molar-refractivity contribution in [3.05, 3.63) is 24.3 Å². The molecule has 1 rings (SSSR count). The summed E-state index contributed by atoms with van der Waals surface area (Å²) in [5.41, 5.74) is 11.5. The van der Waals surface area contributed by atoms with Crippen molar-refractivity contribution in [2.75, 3.05) is 18.9 Å². The van der Waals surface area contributed by atoms with Gasteiger partial charge in [0, 0.05) is 12.2 Å². The van der Waals surface area contributed by atoms with Crippen molar-refractivity contribution in [1.29, 1.82) is 0 Å². The molecule has 5 heteroatoms. The molecule has 4 N–H and O–H groups in total. The molecule has 0 unspecified atom stereocenters. The van der Waals surface area contributed by atoms with Crippen LogP contribution >= 0.6 is 0 Å². The maximum atomic E-state index is 5.48. The van der Waals surface area contributed by atoms with Crippen LogP contribution in [0.4, 0.5) is 5.69 Å². The Kier molecular flexibility index (Phi) is 9.12. The van der Waals surface area contributed by atoms with Crippen molar-refractivity contribution in [3.8, 4) is 5.75 Å². The lowest BCUT2D eigenvalue weighted by Crippen LogP contribution is -3.00. The number of hydrogen-bond donors (Lipinski definition) is 2. The van der Waals surface area contributed by atoms with Crippen molar-refractivity contribution in [3.63, 3.8) is 0 Å². The zero-order chi connectivity index (χ0) is 8.10. The second-order valence-electron chi connectivity index (χ2n) is 2.21. The van der Waals surface area contributed by atoms with Crippen LogP contribution in [0.3, 0.4) is 0 Å². The molecule has 0 saturated heterocycles. The standard InChI is InChI=1S/C8H12N2O.2ClH/c9-5-6-11-8-3-1-7(10)2-4-8;;/h1-4H,5-6,9-10H2;2*1H/p-2. The quantitative estimate of drug-likeness (QED) is 0.503. The maximum Gasteiger partial charge on any atom is 0.119 e. The number of ether oxygens (including phenoxy) is 1. The summed E-state index contributed by atoms with van der Waals surface area (Å²) >= 11 is 0. The summed E-state index contributed by atoms with van der Waals surface area (Å²) in [5, 5.41) is 0. The molecular weight excluding hydrogens is 211 g/mol. The first-order valence-corrected chi connectivity index (χ1v) is 3.51. The molecule has 0 amide bonds. The average molecular weight is 223 g/mol. The highest BCUT2D eigenvalue weighted by molar-refractivity contribution is 5.41. The van der Waals surface area contributed by atoms with Gasteiger partial charge in [0.1, 0.15) is 12.4 Å². The van der Waals surface area contributed by atoms with Gasteiger partial charge in [0.2, 0.25) is 0 Å². The molecule has 0 bridgehead atoms. The number of nitrogen functional groups attached to an aromatic ring is 1. The second-order valence-corrected chi connectivity index (χ2v) is 2.21. The van der Waals surface area contributed by atoms with E-state index in [1.807, 2.05) is 12.1 Å². The average Bonchev–Trinajstić information content (AvgIpc) is 2.04. The summed E-state index contributed by atoms with van der Waals surface area (Å²) < 4.78 is 5.23. The molecule has 0 spiro atoms.